The van der Waals surface area contributed by atoms with E-state index in [1.54, 1.807) is 0 Å². The molecule has 114 valence electrons. The summed E-state index contributed by atoms with van der Waals surface area (Å²) < 4.78 is 4.55. The molecule has 0 aliphatic carbocycles. The molecule has 0 heterocycles. The zero-order valence-corrected chi connectivity index (χ0v) is 12.8. The van der Waals surface area contributed by atoms with E-state index in [0.717, 1.165) is 12.8 Å². The van der Waals surface area contributed by atoms with E-state index < -0.39 is 0 Å². The summed E-state index contributed by atoms with van der Waals surface area (Å²) in [4.78, 5) is 10.9. The lowest BCUT2D eigenvalue weighted by atomic mass is 10.0. The van der Waals surface area contributed by atoms with E-state index in [0.29, 0.717) is 12.8 Å². The van der Waals surface area contributed by atoms with Gasteiger partial charge in [-0.1, -0.05) is 64.7 Å². The second-order valence-electron chi connectivity index (χ2n) is 5.39. The van der Waals surface area contributed by atoms with E-state index in [9.17, 15) is 9.90 Å². The quantitative estimate of drug-likeness (QED) is 0.403. The Hall–Kier alpha value is -0.570. The highest BCUT2D eigenvalue weighted by atomic mass is 16.5. The van der Waals surface area contributed by atoms with Crippen LogP contribution >= 0.6 is 0 Å². The van der Waals surface area contributed by atoms with Crippen LogP contribution in [0.4, 0.5) is 0 Å². The van der Waals surface area contributed by atoms with Gasteiger partial charge < -0.3 is 9.84 Å². The maximum atomic E-state index is 10.9. The maximum Gasteiger partial charge on any atom is 0.305 e. The Morgan fingerprint density at radius 2 is 1.47 bits per heavy atom. The van der Waals surface area contributed by atoms with Gasteiger partial charge in [-0.15, -0.1) is 0 Å². The van der Waals surface area contributed by atoms with Crippen LogP contribution in [0.5, 0.6) is 0 Å². The van der Waals surface area contributed by atoms with Crippen molar-refractivity contribution in [3.8, 4) is 0 Å². The van der Waals surface area contributed by atoms with Crippen LogP contribution in [0.1, 0.15) is 84.0 Å². The Balaban J connectivity index is 3.18. The number of aliphatic hydroxyl groups excluding tert-OH is 1. The molecule has 1 atom stereocenters. The van der Waals surface area contributed by atoms with Gasteiger partial charge in [0.05, 0.1) is 13.2 Å². The van der Waals surface area contributed by atoms with Crippen molar-refractivity contribution >= 4 is 5.97 Å². The minimum atomic E-state index is -0.344. The average Bonchev–Trinajstić information content (AvgIpc) is 2.42. The molecule has 3 heteroatoms. The van der Waals surface area contributed by atoms with Crippen LogP contribution < -0.4 is 0 Å². The van der Waals surface area contributed by atoms with Crippen LogP contribution in [0.2, 0.25) is 0 Å². The van der Waals surface area contributed by atoms with E-state index >= 15 is 0 Å². The second-order valence-corrected chi connectivity index (χ2v) is 5.39. The minimum absolute atomic E-state index is 0.230. The molecule has 0 saturated heterocycles. The van der Waals surface area contributed by atoms with Crippen LogP contribution in [0, 0.1) is 0 Å². The van der Waals surface area contributed by atoms with Gasteiger partial charge in [-0.2, -0.15) is 0 Å². The molecule has 0 fully saturated rings. The van der Waals surface area contributed by atoms with Crippen molar-refractivity contribution in [3.05, 3.63) is 0 Å². The summed E-state index contributed by atoms with van der Waals surface area (Å²) in [6.07, 6.45) is 13.0. The first-order valence-electron chi connectivity index (χ1n) is 7.95. The fraction of sp³-hybridized carbons (Fsp3) is 0.938. The van der Waals surface area contributed by atoms with Gasteiger partial charge in [0.15, 0.2) is 0 Å². The third-order valence-electron chi connectivity index (χ3n) is 3.55. The van der Waals surface area contributed by atoms with Crippen molar-refractivity contribution in [2.24, 2.45) is 0 Å². The second kappa shape index (κ2) is 13.9. The molecule has 0 amide bonds. The molecular weight excluding hydrogens is 240 g/mol. The number of carbonyl (C=O) groups excluding carboxylic acids is 1. The molecule has 0 aliphatic heterocycles. The summed E-state index contributed by atoms with van der Waals surface area (Å²) in [5.74, 6) is -0.230. The van der Waals surface area contributed by atoms with Gasteiger partial charge in [0.25, 0.3) is 0 Å². The number of hydrogen-bond acceptors (Lipinski definition) is 3. The minimum Gasteiger partial charge on any atom is -0.469 e. The molecule has 0 radical (unpaired) electrons. The summed E-state index contributed by atoms with van der Waals surface area (Å²) in [7, 11) is 1.38. The zero-order valence-electron chi connectivity index (χ0n) is 12.8. The van der Waals surface area contributed by atoms with E-state index in [-0.39, 0.29) is 12.1 Å². The lowest BCUT2D eigenvalue weighted by molar-refractivity contribution is -0.141. The van der Waals surface area contributed by atoms with Crippen LogP contribution in [0.25, 0.3) is 0 Å². The van der Waals surface area contributed by atoms with Crippen molar-refractivity contribution in [1.29, 1.82) is 0 Å². The standard InChI is InChI=1S/C16H32O3/c1-3-4-5-6-7-8-9-10-11-12-15(17)13-14-16(18)19-2/h15,17H,3-14H2,1-2H3. The van der Waals surface area contributed by atoms with Crippen LogP contribution in [-0.4, -0.2) is 24.3 Å². The highest BCUT2D eigenvalue weighted by Crippen LogP contribution is 2.13. The third-order valence-corrected chi connectivity index (χ3v) is 3.55. The first-order chi connectivity index (χ1) is 9.20. The van der Waals surface area contributed by atoms with E-state index in [1.165, 1.54) is 58.5 Å². The molecular formula is C16H32O3. The fourth-order valence-electron chi connectivity index (χ4n) is 2.22. The Morgan fingerprint density at radius 1 is 0.947 bits per heavy atom. The number of carbonyl (C=O) groups is 1. The number of ether oxygens (including phenoxy) is 1. The Kier molecular flexibility index (Phi) is 13.4. The topological polar surface area (TPSA) is 46.5 Å². The largest absolute Gasteiger partial charge is 0.469 e. The SMILES string of the molecule is CCCCCCCCCCCC(O)CCC(=O)OC. The van der Waals surface area contributed by atoms with Crippen LogP contribution in [-0.2, 0) is 9.53 Å². The number of rotatable bonds is 13. The van der Waals surface area contributed by atoms with E-state index in [1.807, 2.05) is 0 Å². The highest BCUT2D eigenvalue weighted by molar-refractivity contribution is 5.69. The average molecular weight is 272 g/mol. The summed E-state index contributed by atoms with van der Waals surface area (Å²) in [6, 6.07) is 0. The highest BCUT2D eigenvalue weighted by Gasteiger charge is 2.07. The lowest BCUT2D eigenvalue weighted by Crippen LogP contribution is -2.10. The van der Waals surface area contributed by atoms with Gasteiger partial charge >= 0.3 is 5.97 Å². The first-order valence-corrected chi connectivity index (χ1v) is 7.95. The molecule has 0 bridgehead atoms. The monoisotopic (exact) mass is 272 g/mol. The summed E-state index contributed by atoms with van der Waals surface area (Å²) in [5.41, 5.74) is 0. The van der Waals surface area contributed by atoms with Gasteiger partial charge in [-0.25, -0.2) is 0 Å². The molecule has 0 saturated carbocycles. The van der Waals surface area contributed by atoms with E-state index in [4.69, 9.17) is 0 Å². The normalized spacial score (nSPS) is 12.4. The van der Waals surface area contributed by atoms with Gasteiger partial charge in [0.1, 0.15) is 0 Å². The molecule has 1 unspecified atom stereocenters. The molecule has 0 aromatic rings. The maximum absolute atomic E-state index is 10.9. The molecule has 1 N–H and O–H groups in total. The molecule has 3 nitrogen and oxygen atoms in total. The number of aliphatic hydroxyl groups is 1. The van der Waals surface area contributed by atoms with Gasteiger partial charge in [-0.3, -0.25) is 4.79 Å². The van der Waals surface area contributed by atoms with Crippen molar-refractivity contribution in [2.75, 3.05) is 7.11 Å². The molecule has 0 spiro atoms. The number of hydrogen-bond donors (Lipinski definition) is 1. The third kappa shape index (κ3) is 13.7. The van der Waals surface area contributed by atoms with Crippen molar-refractivity contribution < 1.29 is 14.6 Å². The predicted molar refractivity (Wildman–Crippen MR) is 79.1 cm³/mol. The number of esters is 1. The van der Waals surface area contributed by atoms with Crippen molar-refractivity contribution in [2.45, 2.75) is 90.1 Å². The lowest BCUT2D eigenvalue weighted by Gasteiger charge is -2.09. The molecule has 0 aromatic carbocycles. The Labute approximate surface area is 118 Å². The Bertz CT molecular complexity index is 204. The van der Waals surface area contributed by atoms with Crippen LogP contribution in [0.3, 0.4) is 0 Å². The smallest absolute Gasteiger partial charge is 0.305 e. The fourth-order valence-corrected chi connectivity index (χ4v) is 2.22. The summed E-state index contributed by atoms with van der Waals surface area (Å²) in [5, 5.41) is 9.69. The van der Waals surface area contributed by atoms with Gasteiger partial charge in [0, 0.05) is 6.42 Å². The number of unbranched alkanes of at least 4 members (excludes halogenated alkanes) is 8. The molecule has 19 heavy (non-hydrogen) atoms. The first kappa shape index (κ1) is 18.4. The van der Waals surface area contributed by atoms with Gasteiger partial charge in [0.2, 0.25) is 0 Å². The molecule has 0 rings (SSSR count). The van der Waals surface area contributed by atoms with Crippen LogP contribution in [0.15, 0.2) is 0 Å². The van der Waals surface area contributed by atoms with Crippen molar-refractivity contribution in [1.82, 2.24) is 0 Å². The Morgan fingerprint density at radius 3 is 2.00 bits per heavy atom. The number of methoxy groups -OCH3 is 1. The van der Waals surface area contributed by atoms with E-state index in [2.05, 4.69) is 11.7 Å². The summed E-state index contributed by atoms with van der Waals surface area (Å²) >= 11 is 0. The van der Waals surface area contributed by atoms with Gasteiger partial charge in [-0.05, 0) is 12.8 Å². The zero-order chi connectivity index (χ0) is 14.3. The predicted octanol–water partition coefficient (Wildman–Crippen LogP) is 4.22. The van der Waals surface area contributed by atoms with Crippen molar-refractivity contribution in [3.63, 3.8) is 0 Å². The summed E-state index contributed by atoms with van der Waals surface area (Å²) in [6.45, 7) is 2.24. The molecule has 0 aliphatic rings. The molecule has 0 aromatic heterocycles.